The summed E-state index contributed by atoms with van der Waals surface area (Å²) in [6, 6.07) is 0. The molecular weight excluding hydrogens is 1230 g/mol. The molecule has 0 aromatic rings. The Balaban J connectivity index is 5.26. The zero-order chi connectivity index (χ0) is 69.1. The first kappa shape index (κ1) is 92.1. The molecule has 3 N–H and O–H groups in total. The molecule has 2 unspecified atom stereocenters. The van der Waals surface area contributed by atoms with Gasteiger partial charge in [-0.05, 0) is 31.6 Å². The Hall–Kier alpha value is -1.94. The highest BCUT2D eigenvalue weighted by atomic mass is 31.2. The van der Waals surface area contributed by atoms with E-state index in [1.54, 1.807) is 0 Å². The molecule has 0 saturated heterocycles. The second kappa shape index (κ2) is 68.2. The minimum Gasteiger partial charge on any atom is -0.462 e. The molecule has 94 heavy (non-hydrogen) atoms. The number of hydrogen-bond acceptors (Lipinski definition) is 15. The van der Waals surface area contributed by atoms with E-state index in [9.17, 15) is 43.2 Å². The number of unbranched alkanes of at least 4 members (excludes halogenated alkanes) is 47. The molecule has 0 aliphatic rings. The fraction of sp³-hybridized carbons (Fsp3) is 0.947. The second-order valence-corrected chi connectivity index (χ2v) is 30.4. The highest BCUT2D eigenvalue weighted by molar-refractivity contribution is 7.47. The van der Waals surface area contributed by atoms with Crippen molar-refractivity contribution in [2.45, 2.75) is 412 Å². The number of aliphatic hydroxyl groups excluding tert-OH is 1. The Morgan fingerprint density at radius 3 is 0.723 bits per heavy atom. The van der Waals surface area contributed by atoms with Crippen molar-refractivity contribution in [1.29, 1.82) is 0 Å². The van der Waals surface area contributed by atoms with Gasteiger partial charge in [0.05, 0.1) is 26.4 Å². The molecule has 5 atom stereocenters. The van der Waals surface area contributed by atoms with Crippen LogP contribution in [-0.4, -0.2) is 96.7 Å². The topological polar surface area (TPSA) is 237 Å². The van der Waals surface area contributed by atoms with E-state index in [0.717, 1.165) is 95.8 Å². The van der Waals surface area contributed by atoms with Crippen LogP contribution in [0, 0.1) is 5.92 Å². The molecule has 0 heterocycles. The van der Waals surface area contributed by atoms with Gasteiger partial charge in [-0.25, -0.2) is 9.13 Å². The fourth-order valence-electron chi connectivity index (χ4n) is 11.5. The van der Waals surface area contributed by atoms with Crippen molar-refractivity contribution in [2.24, 2.45) is 5.92 Å². The number of ether oxygens (including phenoxy) is 4. The molecule has 0 saturated carbocycles. The van der Waals surface area contributed by atoms with Crippen LogP contribution in [0.5, 0.6) is 0 Å². The van der Waals surface area contributed by atoms with Crippen LogP contribution in [0.15, 0.2) is 0 Å². The number of carbonyl (C=O) groups is 4. The SMILES string of the molecule is CCCCCCCCCCCCCCCCCCC(=O)O[C@H](COC(=O)CCCCCCCCCCCCCCC)COP(=O)(O)OC[C@@H](O)COP(=O)(O)OC[C@@H](COC(=O)CCCCCCCCCCCC(C)C)OC(=O)CCCCCCCCCCCCCCC. The van der Waals surface area contributed by atoms with E-state index in [0.29, 0.717) is 25.7 Å². The van der Waals surface area contributed by atoms with E-state index in [1.807, 2.05) is 0 Å². The normalized spacial score (nSPS) is 14.0. The van der Waals surface area contributed by atoms with Gasteiger partial charge in [-0.2, -0.15) is 0 Å². The number of rotatable bonds is 75. The van der Waals surface area contributed by atoms with Crippen molar-refractivity contribution in [3.05, 3.63) is 0 Å². The zero-order valence-electron chi connectivity index (χ0n) is 61.1. The minimum absolute atomic E-state index is 0.108. The zero-order valence-corrected chi connectivity index (χ0v) is 62.9. The molecule has 0 aliphatic carbocycles. The molecule has 0 spiro atoms. The van der Waals surface area contributed by atoms with Crippen LogP contribution in [-0.2, 0) is 65.4 Å². The quantitative estimate of drug-likeness (QED) is 0.0222. The number of carbonyl (C=O) groups excluding carboxylic acids is 4. The molecule has 17 nitrogen and oxygen atoms in total. The monoisotopic (exact) mass is 1380 g/mol. The smallest absolute Gasteiger partial charge is 0.462 e. The van der Waals surface area contributed by atoms with Gasteiger partial charge >= 0.3 is 39.5 Å². The van der Waals surface area contributed by atoms with Gasteiger partial charge < -0.3 is 33.8 Å². The van der Waals surface area contributed by atoms with Gasteiger partial charge in [0.25, 0.3) is 0 Å². The summed E-state index contributed by atoms with van der Waals surface area (Å²) < 4.78 is 68.5. The van der Waals surface area contributed by atoms with Gasteiger partial charge in [-0.1, -0.05) is 343 Å². The summed E-state index contributed by atoms with van der Waals surface area (Å²) in [7, 11) is -9.91. The first-order valence-corrected chi connectivity index (χ1v) is 42.1. The van der Waals surface area contributed by atoms with Crippen molar-refractivity contribution < 1.29 is 80.2 Å². The van der Waals surface area contributed by atoms with Gasteiger partial charge in [0, 0.05) is 25.7 Å². The predicted octanol–water partition coefficient (Wildman–Crippen LogP) is 22.1. The minimum atomic E-state index is -4.95. The molecule has 0 radical (unpaired) electrons. The molecule has 19 heteroatoms. The van der Waals surface area contributed by atoms with Crippen molar-refractivity contribution >= 4 is 39.5 Å². The molecule has 0 bridgehead atoms. The summed E-state index contributed by atoms with van der Waals surface area (Å²) in [6.07, 6.45) is 56.7. The maximum absolute atomic E-state index is 13.1. The standard InChI is InChI=1S/C75H146O17P2/c1-6-9-12-15-18-21-24-27-28-29-32-35-40-46-51-56-61-75(80)91-70(64-85-72(77)58-53-48-43-38-33-30-25-22-19-16-13-10-7-2)66-89-93(81,82)87-62-69(76)63-88-94(83,84)90-67-71(65-86-73(78)59-54-49-44-41-36-37-42-47-52-57-68(4)5)92-74(79)60-55-50-45-39-34-31-26-23-20-17-14-11-8-3/h68-71,76H,6-67H2,1-5H3,(H,81,82)(H,83,84)/t69-,70-,71-/m1/s1. The summed E-state index contributed by atoms with van der Waals surface area (Å²) in [4.78, 5) is 72.8. The van der Waals surface area contributed by atoms with E-state index < -0.39 is 97.5 Å². The molecule has 0 aliphatic heterocycles. The lowest BCUT2D eigenvalue weighted by Gasteiger charge is -2.21. The largest absolute Gasteiger partial charge is 0.472 e. The van der Waals surface area contributed by atoms with Gasteiger partial charge in [-0.15, -0.1) is 0 Å². The highest BCUT2D eigenvalue weighted by Crippen LogP contribution is 2.45. The summed E-state index contributed by atoms with van der Waals surface area (Å²) >= 11 is 0. The maximum Gasteiger partial charge on any atom is 0.472 e. The number of phosphoric acid groups is 2. The van der Waals surface area contributed by atoms with Gasteiger partial charge in [0.1, 0.15) is 19.3 Å². The Labute approximate surface area is 575 Å². The number of esters is 4. The third kappa shape index (κ3) is 68.6. The molecule has 558 valence electrons. The van der Waals surface area contributed by atoms with Crippen LogP contribution >= 0.6 is 15.6 Å². The fourth-order valence-corrected chi connectivity index (χ4v) is 13.1. The third-order valence-corrected chi connectivity index (χ3v) is 19.4. The van der Waals surface area contributed by atoms with Crippen LogP contribution in [0.2, 0.25) is 0 Å². The van der Waals surface area contributed by atoms with E-state index in [2.05, 4.69) is 34.6 Å². The van der Waals surface area contributed by atoms with Gasteiger partial charge in [0.15, 0.2) is 12.2 Å². The number of hydrogen-bond donors (Lipinski definition) is 3. The summed E-state index contributed by atoms with van der Waals surface area (Å²) in [5.74, 6) is -1.37. The Morgan fingerprint density at radius 1 is 0.287 bits per heavy atom. The first-order chi connectivity index (χ1) is 45.5. The van der Waals surface area contributed by atoms with Crippen molar-refractivity contribution in [1.82, 2.24) is 0 Å². The average Bonchev–Trinajstić information content (AvgIpc) is 1.48. The van der Waals surface area contributed by atoms with Gasteiger partial charge in [-0.3, -0.25) is 37.3 Å². The number of aliphatic hydroxyl groups is 1. The van der Waals surface area contributed by atoms with Gasteiger partial charge in [0.2, 0.25) is 0 Å². The molecular formula is C75H146O17P2. The van der Waals surface area contributed by atoms with Crippen LogP contribution in [0.25, 0.3) is 0 Å². The van der Waals surface area contributed by atoms with E-state index in [1.165, 1.54) is 218 Å². The summed E-state index contributed by atoms with van der Waals surface area (Å²) in [5.41, 5.74) is 0. The molecule has 0 amide bonds. The lowest BCUT2D eigenvalue weighted by Crippen LogP contribution is -2.30. The Kier molecular flexibility index (Phi) is 66.8. The van der Waals surface area contributed by atoms with Crippen molar-refractivity contribution in [3.8, 4) is 0 Å². The molecule has 0 aromatic carbocycles. The van der Waals surface area contributed by atoms with Crippen LogP contribution in [0.3, 0.4) is 0 Å². The molecule has 0 fully saturated rings. The van der Waals surface area contributed by atoms with Crippen LogP contribution < -0.4 is 0 Å². The van der Waals surface area contributed by atoms with Crippen molar-refractivity contribution in [2.75, 3.05) is 39.6 Å². The summed E-state index contributed by atoms with van der Waals surface area (Å²) in [5, 5.41) is 10.6. The number of phosphoric ester groups is 2. The third-order valence-electron chi connectivity index (χ3n) is 17.5. The molecule has 0 aromatic heterocycles. The second-order valence-electron chi connectivity index (χ2n) is 27.5. The Morgan fingerprint density at radius 2 is 0.489 bits per heavy atom. The maximum atomic E-state index is 13.1. The predicted molar refractivity (Wildman–Crippen MR) is 382 cm³/mol. The van der Waals surface area contributed by atoms with Crippen LogP contribution in [0.1, 0.15) is 394 Å². The summed E-state index contributed by atoms with van der Waals surface area (Å²) in [6.45, 7) is 7.28. The lowest BCUT2D eigenvalue weighted by molar-refractivity contribution is -0.161. The van der Waals surface area contributed by atoms with Crippen molar-refractivity contribution in [3.63, 3.8) is 0 Å². The van der Waals surface area contributed by atoms with Crippen LogP contribution in [0.4, 0.5) is 0 Å². The Bertz CT molecular complexity index is 1810. The average molecular weight is 1380 g/mol. The first-order valence-electron chi connectivity index (χ1n) is 39.1. The highest BCUT2D eigenvalue weighted by Gasteiger charge is 2.30. The molecule has 0 rings (SSSR count). The van der Waals surface area contributed by atoms with E-state index in [-0.39, 0.29) is 25.7 Å². The lowest BCUT2D eigenvalue weighted by atomic mass is 10.0. The van der Waals surface area contributed by atoms with E-state index in [4.69, 9.17) is 37.0 Å². The van der Waals surface area contributed by atoms with E-state index >= 15 is 0 Å².